The van der Waals surface area contributed by atoms with Crippen LogP contribution in [0.2, 0.25) is 0 Å². The molecule has 0 N–H and O–H groups in total. The fourth-order valence-corrected chi connectivity index (χ4v) is 5.58. The standard InChI is InChI=1S/C31H58O4S/c1-5-8-10-11-12-14-17-21-29(35-30(33)25-24-27(4)32)22-18-15-13-16-19-23-31(34)36-26-28(7-3)20-9-6-2/h28-29H,5-26H2,1-4H3. The molecular formula is C31H58O4S. The minimum Gasteiger partial charge on any atom is -0.462 e. The molecule has 36 heavy (non-hydrogen) atoms. The molecule has 0 aliphatic carbocycles. The van der Waals surface area contributed by atoms with Crippen LogP contribution in [0.5, 0.6) is 0 Å². The lowest BCUT2D eigenvalue weighted by molar-refractivity contribution is -0.150. The van der Waals surface area contributed by atoms with Gasteiger partial charge >= 0.3 is 5.97 Å². The number of Topliss-reactive ketones (excluding diaryl/α,β-unsaturated/α-hetero) is 1. The SMILES string of the molecule is CCCCCCCCCC(CCCCCCCC(=O)SCC(CC)CCCC)OC(=O)CCC(C)=O. The summed E-state index contributed by atoms with van der Waals surface area (Å²) in [5.41, 5.74) is 0. The van der Waals surface area contributed by atoms with Crippen molar-refractivity contribution in [2.45, 2.75) is 169 Å². The quantitative estimate of drug-likeness (QED) is 0.0829. The minimum absolute atomic E-state index is 0.0164. The third-order valence-corrected chi connectivity index (χ3v) is 8.20. The molecular weight excluding hydrogens is 468 g/mol. The summed E-state index contributed by atoms with van der Waals surface area (Å²) in [5.74, 6) is 1.48. The first-order valence-corrected chi connectivity index (χ1v) is 16.3. The Morgan fingerprint density at radius 1 is 0.639 bits per heavy atom. The largest absolute Gasteiger partial charge is 0.462 e. The summed E-state index contributed by atoms with van der Waals surface area (Å²) in [4.78, 5) is 35.5. The molecule has 212 valence electrons. The Balaban J connectivity index is 4.08. The number of ketones is 1. The van der Waals surface area contributed by atoms with Crippen LogP contribution in [-0.4, -0.2) is 28.7 Å². The van der Waals surface area contributed by atoms with Crippen molar-refractivity contribution in [1.29, 1.82) is 0 Å². The molecule has 0 aliphatic heterocycles. The molecule has 0 aromatic heterocycles. The first-order chi connectivity index (χ1) is 17.4. The van der Waals surface area contributed by atoms with Crippen LogP contribution in [0.25, 0.3) is 0 Å². The van der Waals surface area contributed by atoms with E-state index in [2.05, 4.69) is 20.8 Å². The van der Waals surface area contributed by atoms with Gasteiger partial charge in [-0.1, -0.05) is 110 Å². The predicted octanol–water partition coefficient (Wildman–Crippen LogP) is 9.61. The lowest BCUT2D eigenvalue weighted by atomic mass is 10.0. The van der Waals surface area contributed by atoms with E-state index >= 15 is 0 Å². The van der Waals surface area contributed by atoms with E-state index in [1.807, 2.05) is 0 Å². The molecule has 0 saturated carbocycles. The molecule has 0 saturated heterocycles. The van der Waals surface area contributed by atoms with Gasteiger partial charge in [-0.15, -0.1) is 0 Å². The van der Waals surface area contributed by atoms with Crippen molar-refractivity contribution >= 4 is 28.6 Å². The van der Waals surface area contributed by atoms with Crippen LogP contribution in [-0.2, 0) is 19.1 Å². The normalized spacial score (nSPS) is 12.9. The molecule has 2 atom stereocenters. The number of thioether (sulfide) groups is 1. The lowest BCUT2D eigenvalue weighted by Crippen LogP contribution is -2.19. The first-order valence-electron chi connectivity index (χ1n) is 15.3. The van der Waals surface area contributed by atoms with Crippen molar-refractivity contribution in [1.82, 2.24) is 0 Å². The summed E-state index contributed by atoms with van der Waals surface area (Å²) >= 11 is 1.55. The summed E-state index contributed by atoms with van der Waals surface area (Å²) < 4.78 is 5.75. The second-order valence-electron chi connectivity index (χ2n) is 10.6. The third kappa shape index (κ3) is 23.6. The smallest absolute Gasteiger partial charge is 0.306 e. The van der Waals surface area contributed by atoms with Crippen molar-refractivity contribution in [2.24, 2.45) is 5.92 Å². The number of hydrogen-bond acceptors (Lipinski definition) is 5. The van der Waals surface area contributed by atoms with Crippen molar-refractivity contribution in [3.8, 4) is 0 Å². The molecule has 0 amide bonds. The van der Waals surface area contributed by atoms with Gasteiger partial charge in [-0.3, -0.25) is 9.59 Å². The predicted molar refractivity (Wildman–Crippen MR) is 155 cm³/mol. The van der Waals surface area contributed by atoms with Gasteiger partial charge in [0.15, 0.2) is 5.12 Å². The Bertz CT molecular complexity index is 549. The molecule has 4 nitrogen and oxygen atoms in total. The van der Waals surface area contributed by atoms with Gasteiger partial charge in [0.05, 0.1) is 6.42 Å². The zero-order valence-electron chi connectivity index (χ0n) is 24.3. The average Bonchev–Trinajstić information content (AvgIpc) is 2.86. The molecule has 0 aliphatic rings. The molecule has 0 aromatic carbocycles. The van der Waals surface area contributed by atoms with Crippen molar-refractivity contribution in [3.63, 3.8) is 0 Å². The Morgan fingerprint density at radius 3 is 1.75 bits per heavy atom. The number of carbonyl (C=O) groups excluding carboxylic acids is 3. The highest BCUT2D eigenvalue weighted by Crippen LogP contribution is 2.21. The van der Waals surface area contributed by atoms with Crippen molar-refractivity contribution in [3.05, 3.63) is 0 Å². The topological polar surface area (TPSA) is 60.4 Å². The summed E-state index contributed by atoms with van der Waals surface area (Å²) in [7, 11) is 0. The van der Waals surface area contributed by atoms with E-state index in [9.17, 15) is 14.4 Å². The average molecular weight is 527 g/mol. The number of hydrogen-bond donors (Lipinski definition) is 0. The van der Waals surface area contributed by atoms with E-state index in [-0.39, 0.29) is 30.7 Å². The van der Waals surface area contributed by atoms with Gasteiger partial charge in [0.1, 0.15) is 11.9 Å². The molecule has 0 radical (unpaired) electrons. The van der Waals surface area contributed by atoms with Gasteiger partial charge in [0.2, 0.25) is 0 Å². The van der Waals surface area contributed by atoms with Crippen LogP contribution < -0.4 is 0 Å². The van der Waals surface area contributed by atoms with Crippen molar-refractivity contribution in [2.75, 3.05) is 5.75 Å². The Kier molecular flexibility index (Phi) is 25.2. The van der Waals surface area contributed by atoms with Crippen molar-refractivity contribution < 1.29 is 19.1 Å². The third-order valence-electron chi connectivity index (χ3n) is 7.04. The first kappa shape index (κ1) is 35.2. The maximum Gasteiger partial charge on any atom is 0.306 e. The van der Waals surface area contributed by atoms with E-state index in [1.54, 1.807) is 11.8 Å². The fourth-order valence-electron chi connectivity index (χ4n) is 4.47. The van der Waals surface area contributed by atoms with Gasteiger partial charge in [0, 0.05) is 18.6 Å². The summed E-state index contributed by atoms with van der Waals surface area (Å²) in [6, 6.07) is 0. The van der Waals surface area contributed by atoms with Crippen LogP contribution in [0.15, 0.2) is 0 Å². The van der Waals surface area contributed by atoms with E-state index in [4.69, 9.17) is 4.74 Å². The molecule has 5 heteroatoms. The summed E-state index contributed by atoms with van der Waals surface area (Å²) in [6.45, 7) is 8.22. The Morgan fingerprint density at radius 2 is 1.19 bits per heavy atom. The summed E-state index contributed by atoms with van der Waals surface area (Å²) in [6.07, 6.45) is 22.1. The monoisotopic (exact) mass is 526 g/mol. The maximum absolute atomic E-state index is 12.2. The van der Waals surface area contributed by atoms with E-state index in [1.165, 1.54) is 71.1 Å². The second kappa shape index (κ2) is 25.8. The molecule has 0 bridgehead atoms. The molecule has 0 spiro atoms. The van der Waals surface area contributed by atoms with Gasteiger partial charge in [0.25, 0.3) is 0 Å². The highest BCUT2D eigenvalue weighted by atomic mass is 32.2. The van der Waals surface area contributed by atoms with E-state index < -0.39 is 0 Å². The van der Waals surface area contributed by atoms with Gasteiger partial charge in [-0.25, -0.2) is 0 Å². The van der Waals surface area contributed by atoms with Gasteiger partial charge in [-0.05, 0) is 51.4 Å². The van der Waals surface area contributed by atoms with Crippen LogP contribution in [0.4, 0.5) is 0 Å². The fraction of sp³-hybridized carbons (Fsp3) is 0.903. The highest BCUT2D eigenvalue weighted by molar-refractivity contribution is 8.13. The molecule has 0 heterocycles. The van der Waals surface area contributed by atoms with Crippen LogP contribution in [0.1, 0.15) is 163 Å². The van der Waals surface area contributed by atoms with E-state index in [0.29, 0.717) is 17.5 Å². The zero-order valence-corrected chi connectivity index (χ0v) is 25.1. The Labute approximate surface area is 227 Å². The molecule has 2 unspecified atom stereocenters. The lowest BCUT2D eigenvalue weighted by Gasteiger charge is -2.18. The van der Waals surface area contributed by atoms with Crippen LogP contribution in [0, 0.1) is 5.92 Å². The number of ether oxygens (including phenoxy) is 1. The minimum atomic E-state index is -0.228. The number of unbranched alkanes of at least 4 members (excludes halogenated alkanes) is 11. The summed E-state index contributed by atoms with van der Waals surface area (Å²) in [5, 5.41) is 0.358. The van der Waals surface area contributed by atoms with Crippen LogP contribution >= 0.6 is 11.8 Å². The number of carbonyl (C=O) groups is 3. The number of esters is 1. The van der Waals surface area contributed by atoms with Crippen LogP contribution in [0.3, 0.4) is 0 Å². The zero-order chi connectivity index (χ0) is 26.9. The molecule has 0 rings (SSSR count). The molecule has 0 fully saturated rings. The van der Waals surface area contributed by atoms with E-state index in [0.717, 1.165) is 57.1 Å². The molecule has 0 aromatic rings. The Hall–Kier alpha value is -0.840. The number of rotatable bonds is 26. The van der Waals surface area contributed by atoms with Gasteiger partial charge in [-0.2, -0.15) is 0 Å². The van der Waals surface area contributed by atoms with Gasteiger partial charge < -0.3 is 9.53 Å². The maximum atomic E-state index is 12.2. The highest BCUT2D eigenvalue weighted by Gasteiger charge is 2.15. The second-order valence-corrected chi connectivity index (χ2v) is 11.7.